The van der Waals surface area contributed by atoms with E-state index < -0.39 is 10.1 Å². The van der Waals surface area contributed by atoms with Gasteiger partial charge in [-0.05, 0) is 36.4 Å². The van der Waals surface area contributed by atoms with Crippen LogP contribution in [0.25, 0.3) is 0 Å². The summed E-state index contributed by atoms with van der Waals surface area (Å²) in [5.74, 6) is 1.48. The summed E-state index contributed by atoms with van der Waals surface area (Å²) in [6.07, 6.45) is 3.77. The van der Waals surface area contributed by atoms with Crippen molar-refractivity contribution in [3.05, 3.63) is 61.0 Å². The first-order chi connectivity index (χ1) is 13.3. The van der Waals surface area contributed by atoms with Gasteiger partial charge in [-0.25, -0.2) is 0 Å². The molecule has 1 radical (unpaired) electrons. The van der Waals surface area contributed by atoms with E-state index in [0.717, 1.165) is 42.0 Å². The molecule has 0 heterocycles. The molecule has 2 N–H and O–H groups in total. The van der Waals surface area contributed by atoms with E-state index in [1.54, 1.807) is 7.11 Å². The number of aliphatic hydroxyl groups is 1. The molecule has 30 heavy (non-hydrogen) atoms. The van der Waals surface area contributed by atoms with Crippen molar-refractivity contribution in [1.82, 2.24) is 0 Å². The first-order valence-corrected chi connectivity index (χ1v) is 10.6. The van der Waals surface area contributed by atoms with Crippen LogP contribution in [0.1, 0.15) is 24.0 Å². The Hall–Kier alpha value is -1.77. The largest absolute Gasteiger partial charge is 0.511 e. The Morgan fingerprint density at radius 1 is 1.13 bits per heavy atom. The number of aryl methyl sites for hydroxylation is 1. The Balaban J connectivity index is 0.00000108. The maximum absolute atomic E-state index is 9.19. The van der Waals surface area contributed by atoms with E-state index in [0.29, 0.717) is 12.0 Å². The monoisotopic (exact) mass is 614 g/mol. The molecule has 9 heteroatoms. The second kappa shape index (κ2) is 13.5. The minimum absolute atomic E-state index is 0. The number of rotatable bonds is 5. The fraction of sp³-hybridized carbons (Fsp3) is 0.333. The molecule has 2 aromatic carbocycles. The van der Waals surface area contributed by atoms with Gasteiger partial charge in [-0.1, -0.05) is 18.9 Å². The van der Waals surface area contributed by atoms with Crippen molar-refractivity contribution in [3.8, 4) is 11.5 Å². The summed E-state index contributed by atoms with van der Waals surface area (Å²) < 4.78 is 36.5. The molecule has 1 aliphatic rings. The third-order valence-electron chi connectivity index (χ3n) is 3.84. The zero-order valence-electron chi connectivity index (χ0n) is 17.2. The van der Waals surface area contributed by atoms with E-state index in [1.807, 2.05) is 30.3 Å². The van der Waals surface area contributed by atoms with Crippen LogP contribution in [0.15, 0.2) is 41.4 Å². The summed E-state index contributed by atoms with van der Waals surface area (Å²) in [6, 6.07) is 15.0. The van der Waals surface area contributed by atoms with Crippen molar-refractivity contribution in [2.24, 2.45) is 4.99 Å². The van der Waals surface area contributed by atoms with Gasteiger partial charge in [0.15, 0.2) is 0 Å². The molecule has 0 spiro atoms. The SMILES string of the molecule is COc1ccc(N=C2CCCc3ccc(OCCO)[c-]c32)cc1.CS(=O)(=O)O.[CH3-].[Ir]. The number of fused-ring (bicyclic) bond motifs is 1. The van der Waals surface area contributed by atoms with Gasteiger partial charge >= 0.3 is 0 Å². The van der Waals surface area contributed by atoms with Crippen LogP contribution in [0.5, 0.6) is 11.5 Å². The number of hydrogen-bond acceptors (Lipinski definition) is 6. The molecule has 0 amide bonds. The molecule has 3 rings (SSSR count). The van der Waals surface area contributed by atoms with Gasteiger partial charge in [0, 0.05) is 25.9 Å². The van der Waals surface area contributed by atoms with Crippen molar-refractivity contribution < 1.29 is 47.7 Å². The van der Waals surface area contributed by atoms with Gasteiger partial charge in [0.2, 0.25) is 0 Å². The van der Waals surface area contributed by atoms with Crippen LogP contribution in [0.4, 0.5) is 5.69 Å². The van der Waals surface area contributed by atoms with Gasteiger partial charge in [-0.15, -0.1) is 23.3 Å². The molecule has 0 bridgehead atoms. The third-order valence-corrected chi connectivity index (χ3v) is 3.84. The predicted molar refractivity (Wildman–Crippen MR) is 114 cm³/mol. The molecule has 0 aromatic heterocycles. The van der Waals surface area contributed by atoms with Crippen LogP contribution in [0, 0.1) is 13.5 Å². The normalized spacial score (nSPS) is 13.7. The molecule has 0 unspecified atom stereocenters. The minimum Gasteiger partial charge on any atom is -0.511 e. The quantitative estimate of drug-likeness (QED) is 0.396. The number of aliphatic hydroxyl groups excluding tert-OH is 1. The molecule has 0 aliphatic heterocycles. The Morgan fingerprint density at radius 3 is 2.33 bits per heavy atom. The second-order valence-electron chi connectivity index (χ2n) is 6.14. The zero-order valence-corrected chi connectivity index (χ0v) is 20.4. The molecule has 2 aromatic rings. The number of nitrogens with zero attached hydrogens (tertiary/aromatic N) is 1. The van der Waals surface area contributed by atoms with Crippen molar-refractivity contribution in [3.63, 3.8) is 0 Å². The Labute approximate surface area is 192 Å². The maximum atomic E-state index is 9.19. The first-order valence-electron chi connectivity index (χ1n) is 8.73. The summed E-state index contributed by atoms with van der Waals surface area (Å²) in [5, 5.41) is 8.88. The van der Waals surface area contributed by atoms with E-state index >= 15 is 0 Å². The predicted octanol–water partition coefficient (Wildman–Crippen LogP) is 3.28. The molecule has 0 atom stereocenters. The average Bonchev–Trinajstić information content (AvgIpc) is 2.66. The second-order valence-corrected chi connectivity index (χ2v) is 7.60. The number of hydrogen-bond donors (Lipinski definition) is 2. The summed E-state index contributed by atoms with van der Waals surface area (Å²) >= 11 is 0. The van der Waals surface area contributed by atoms with Crippen LogP contribution in [0.2, 0.25) is 0 Å². The molecule has 0 saturated heterocycles. The van der Waals surface area contributed by atoms with E-state index in [9.17, 15) is 8.42 Å². The molecule has 7 nitrogen and oxygen atoms in total. The van der Waals surface area contributed by atoms with Crippen LogP contribution >= 0.6 is 0 Å². The Bertz CT molecular complexity index is 906. The van der Waals surface area contributed by atoms with E-state index in [4.69, 9.17) is 24.1 Å². The topological polar surface area (TPSA) is 105 Å². The average molecular weight is 614 g/mol. The number of benzene rings is 2. The van der Waals surface area contributed by atoms with Crippen LogP contribution in [-0.2, 0) is 36.6 Å². The summed E-state index contributed by atoms with van der Waals surface area (Å²) in [4.78, 5) is 4.78. The third kappa shape index (κ3) is 9.82. The number of methoxy groups -OCH3 is 1. The summed E-state index contributed by atoms with van der Waals surface area (Å²) in [5.41, 5.74) is 4.22. The molecular formula is C21H27IrNO6S-2. The minimum atomic E-state index is -3.67. The number of aliphatic imine (C=N–C) groups is 1. The fourth-order valence-electron chi connectivity index (χ4n) is 2.71. The molecule has 1 aliphatic carbocycles. The van der Waals surface area contributed by atoms with Gasteiger partial charge in [0.05, 0.1) is 25.7 Å². The van der Waals surface area contributed by atoms with Crippen molar-refractivity contribution in [2.75, 3.05) is 26.6 Å². The maximum Gasteiger partial charge on any atom is 0.261 e. The van der Waals surface area contributed by atoms with Crippen LogP contribution in [0.3, 0.4) is 0 Å². The van der Waals surface area contributed by atoms with E-state index in [2.05, 4.69) is 12.1 Å². The molecule has 0 fully saturated rings. The zero-order chi connectivity index (χ0) is 20.6. The summed E-state index contributed by atoms with van der Waals surface area (Å²) in [6.45, 7) is 0.276. The van der Waals surface area contributed by atoms with Gasteiger partial charge in [-0.3, -0.25) is 4.55 Å². The summed E-state index contributed by atoms with van der Waals surface area (Å²) in [7, 11) is -2.01. The Morgan fingerprint density at radius 2 is 1.77 bits per heavy atom. The molecule has 169 valence electrons. The van der Waals surface area contributed by atoms with E-state index in [1.165, 1.54) is 5.56 Å². The molecule has 0 saturated carbocycles. The van der Waals surface area contributed by atoms with Gasteiger partial charge in [-0.2, -0.15) is 8.42 Å². The fourth-order valence-corrected chi connectivity index (χ4v) is 2.71. The smallest absolute Gasteiger partial charge is 0.261 e. The van der Waals surface area contributed by atoms with Crippen LogP contribution in [-0.4, -0.2) is 50.4 Å². The molecular weight excluding hydrogens is 587 g/mol. The van der Waals surface area contributed by atoms with Crippen molar-refractivity contribution >= 4 is 21.5 Å². The Kier molecular flexibility index (Phi) is 12.7. The van der Waals surface area contributed by atoms with Gasteiger partial charge in [0.25, 0.3) is 10.1 Å². The van der Waals surface area contributed by atoms with Gasteiger partial charge in [0.1, 0.15) is 12.4 Å². The van der Waals surface area contributed by atoms with Gasteiger partial charge < -0.3 is 27.0 Å². The van der Waals surface area contributed by atoms with Crippen LogP contribution < -0.4 is 9.47 Å². The standard InChI is InChI=1S/C19H20NO3.CH4O3S.CH3.Ir/c1-22-16-9-6-15(7-10-16)20-19-4-2-3-14-5-8-17(13-18(14)19)23-12-11-21;1-5(2,3)4;;/h5-10,21H,2-4,11-12H2,1H3;1H3,(H,2,3,4);1H3;/q-1;;-1;. The first kappa shape index (κ1) is 28.2. The number of ether oxygens (including phenoxy) is 2. The van der Waals surface area contributed by atoms with Crippen molar-refractivity contribution in [1.29, 1.82) is 0 Å². The van der Waals surface area contributed by atoms with E-state index in [-0.39, 0.29) is 40.7 Å². The van der Waals surface area contributed by atoms with Crippen molar-refractivity contribution in [2.45, 2.75) is 19.3 Å².